The summed E-state index contributed by atoms with van der Waals surface area (Å²) in [5, 5.41) is 0. The van der Waals surface area contributed by atoms with Crippen LogP contribution in [0.3, 0.4) is 0 Å². The number of ether oxygens (including phenoxy) is 1. The van der Waals surface area contributed by atoms with Crippen molar-refractivity contribution in [2.24, 2.45) is 5.73 Å². The molecule has 0 radical (unpaired) electrons. The Labute approximate surface area is 80.5 Å². The Kier molecular flexibility index (Phi) is 5.05. The van der Waals surface area contributed by atoms with E-state index in [9.17, 15) is 0 Å². The van der Waals surface area contributed by atoms with Gasteiger partial charge < -0.3 is 10.5 Å². The number of rotatable bonds is 5. The predicted molar refractivity (Wildman–Crippen MR) is 54.7 cm³/mol. The van der Waals surface area contributed by atoms with Crippen molar-refractivity contribution in [3.63, 3.8) is 0 Å². The van der Waals surface area contributed by atoms with Crippen LogP contribution in [-0.2, 0) is 4.74 Å². The molecular weight excluding hydrogens is 164 g/mol. The fourth-order valence-corrected chi connectivity index (χ4v) is 1.57. The lowest BCUT2D eigenvalue weighted by molar-refractivity contribution is 0.174. The summed E-state index contributed by atoms with van der Waals surface area (Å²) in [5.41, 5.74) is 6.97. The molecule has 1 aliphatic rings. The zero-order valence-electron chi connectivity index (χ0n) is 8.46. The van der Waals surface area contributed by atoms with Crippen molar-refractivity contribution < 1.29 is 4.74 Å². The Bertz CT molecular complexity index is 168. The Morgan fingerprint density at radius 3 is 3.00 bits per heavy atom. The highest BCUT2D eigenvalue weighted by molar-refractivity contribution is 5.08. The second-order valence-electron chi connectivity index (χ2n) is 3.46. The van der Waals surface area contributed by atoms with Crippen molar-refractivity contribution in [2.45, 2.75) is 12.8 Å². The maximum absolute atomic E-state index is 5.56. The zero-order valence-corrected chi connectivity index (χ0v) is 8.46. The van der Waals surface area contributed by atoms with Gasteiger partial charge in [-0.15, -0.1) is 0 Å². The van der Waals surface area contributed by atoms with E-state index in [-0.39, 0.29) is 0 Å². The second-order valence-corrected chi connectivity index (χ2v) is 3.46. The number of methoxy groups -OCH3 is 1. The third kappa shape index (κ3) is 3.89. The van der Waals surface area contributed by atoms with Crippen LogP contribution in [-0.4, -0.2) is 44.8 Å². The molecule has 0 spiro atoms. The molecule has 13 heavy (non-hydrogen) atoms. The first kappa shape index (κ1) is 10.7. The van der Waals surface area contributed by atoms with Crippen molar-refractivity contribution in [1.82, 2.24) is 4.90 Å². The van der Waals surface area contributed by atoms with E-state index in [0.717, 1.165) is 45.6 Å². The van der Waals surface area contributed by atoms with Crippen molar-refractivity contribution in [1.29, 1.82) is 0 Å². The van der Waals surface area contributed by atoms with Crippen LogP contribution in [0.2, 0.25) is 0 Å². The van der Waals surface area contributed by atoms with Crippen LogP contribution in [0.25, 0.3) is 0 Å². The minimum absolute atomic E-state index is 0.728. The fourth-order valence-electron chi connectivity index (χ4n) is 1.57. The molecule has 0 saturated heterocycles. The molecule has 0 aliphatic carbocycles. The van der Waals surface area contributed by atoms with E-state index in [4.69, 9.17) is 10.5 Å². The Balaban J connectivity index is 2.14. The molecule has 0 saturated carbocycles. The Morgan fingerprint density at radius 1 is 1.62 bits per heavy atom. The van der Waals surface area contributed by atoms with Gasteiger partial charge in [0.25, 0.3) is 0 Å². The monoisotopic (exact) mass is 184 g/mol. The van der Waals surface area contributed by atoms with Crippen molar-refractivity contribution in [3.8, 4) is 0 Å². The molecule has 0 bridgehead atoms. The van der Waals surface area contributed by atoms with Crippen LogP contribution in [0.5, 0.6) is 0 Å². The van der Waals surface area contributed by atoms with Crippen molar-refractivity contribution >= 4 is 0 Å². The van der Waals surface area contributed by atoms with Gasteiger partial charge in [0.05, 0.1) is 0 Å². The standard InChI is InChI=1S/C10H20N2O/c1-13-8-2-5-12-6-3-10(9-11)4-7-12/h3H,2,4-9,11H2,1H3. The number of hydrogen-bond donors (Lipinski definition) is 1. The Morgan fingerprint density at radius 2 is 2.46 bits per heavy atom. The molecule has 1 heterocycles. The molecule has 3 nitrogen and oxygen atoms in total. The van der Waals surface area contributed by atoms with Crippen LogP contribution in [0.15, 0.2) is 11.6 Å². The van der Waals surface area contributed by atoms with E-state index in [1.54, 1.807) is 7.11 Å². The molecule has 1 rings (SSSR count). The summed E-state index contributed by atoms with van der Waals surface area (Å²) in [6, 6.07) is 0. The predicted octanol–water partition coefficient (Wildman–Crippen LogP) is 0.614. The van der Waals surface area contributed by atoms with Gasteiger partial charge in [-0.2, -0.15) is 0 Å². The molecule has 0 atom stereocenters. The largest absolute Gasteiger partial charge is 0.385 e. The molecule has 0 amide bonds. The molecular formula is C10H20N2O. The first-order valence-corrected chi connectivity index (χ1v) is 4.96. The van der Waals surface area contributed by atoms with Crippen molar-refractivity contribution in [2.75, 3.05) is 39.9 Å². The van der Waals surface area contributed by atoms with E-state index in [0.29, 0.717) is 0 Å². The van der Waals surface area contributed by atoms with Crippen LogP contribution < -0.4 is 5.73 Å². The van der Waals surface area contributed by atoms with Gasteiger partial charge in [-0.25, -0.2) is 0 Å². The lowest BCUT2D eigenvalue weighted by atomic mass is 10.1. The SMILES string of the molecule is COCCCN1CC=C(CN)CC1. The van der Waals surface area contributed by atoms with Gasteiger partial charge in [-0.3, -0.25) is 4.90 Å². The molecule has 3 heteroatoms. The van der Waals surface area contributed by atoms with Crippen molar-refractivity contribution in [3.05, 3.63) is 11.6 Å². The molecule has 0 aromatic heterocycles. The molecule has 1 aliphatic heterocycles. The van der Waals surface area contributed by atoms with E-state index in [2.05, 4.69) is 11.0 Å². The molecule has 0 aromatic rings. The topological polar surface area (TPSA) is 38.5 Å². The number of nitrogens with zero attached hydrogens (tertiary/aromatic N) is 1. The van der Waals surface area contributed by atoms with E-state index in [1.165, 1.54) is 5.57 Å². The Hall–Kier alpha value is -0.380. The average molecular weight is 184 g/mol. The number of hydrogen-bond acceptors (Lipinski definition) is 3. The normalized spacial score (nSPS) is 18.8. The van der Waals surface area contributed by atoms with Gasteiger partial charge in [-0.1, -0.05) is 11.6 Å². The van der Waals surface area contributed by atoms with Crippen LogP contribution >= 0.6 is 0 Å². The average Bonchev–Trinajstić information content (AvgIpc) is 2.19. The fraction of sp³-hybridized carbons (Fsp3) is 0.800. The van der Waals surface area contributed by atoms with Gasteiger partial charge >= 0.3 is 0 Å². The summed E-state index contributed by atoms with van der Waals surface area (Å²) >= 11 is 0. The van der Waals surface area contributed by atoms with E-state index < -0.39 is 0 Å². The second kappa shape index (κ2) is 6.13. The highest BCUT2D eigenvalue weighted by Crippen LogP contribution is 2.09. The number of nitrogens with two attached hydrogens (primary N) is 1. The highest BCUT2D eigenvalue weighted by Gasteiger charge is 2.09. The zero-order chi connectivity index (χ0) is 9.52. The van der Waals surface area contributed by atoms with Crippen LogP contribution in [0.4, 0.5) is 0 Å². The summed E-state index contributed by atoms with van der Waals surface area (Å²) in [5.74, 6) is 0. The van der Waals surface area contributed by atoms with Gasteiger partial charge in [0.2, 0.25) is 0 Å². The smallest absolute Gasteiger partial charge is 0.0474 e. The summed E-state index contributed by atoms with van der Waals surface area (Å²) in [6.07, 6.45) is 4.53. The minimum atomic E-state index is 0.728. The van der Waals surface area contributed by atoms with Gasteiger partial charge in [0.1, 0.15) is 0 Å². The summed E-state index contributed by atoms with van der Waals surface area (Å²) in [4.78, 5) is 2.44. The molecule has 0 fully saturated rings. The molecule has 0 unspecified atom stereocenters. The van der Waals surface area contributed by atoms with E-state index >= 15 is 0 Å². The maximum atomic E-state index is 5.56. The lowest BCUT2D eigenvalue weighted by Gasteiger charge is -2.25. The first-order chi connectivity index (χ1) is 6.36. The molecule has 2 N–H and O–H groups in total. The summed E-state index contributed by atoms with van der Waals surface area (Å²) in [7, 11) is 1.75. The van der Waals surface area contributed by atoms with Gasteiger partial charge in [0.15, 0.2) is 0 Å². The van der Waals surface area contributed by atoms with Gasteiger partial charge in [0, 0.05) is 39.9 Å². The summed E-state index contributed by atoms with van der Waals surface area (Å²) < 4.78 is 5.01. The van der Waals surface area contributed by atoms with E-state index in [1.807, 2.05) is 0 Å². The molecule has 0 aromatic carbocycles. The highest BCUT2D eigenvalue weighted by atomic mass is 16.5. The third-order valence-electron chi connectivity index (χ3n) is 2.47. The first-order valence-electron chi connectivity index (χ1n) is 4.96. The van der Waals surface area contributed by atoms with Crippen LogP contribution in [0.1, 0.15) is 12.8 Å². The third-order valence-corrected chi connectivity index (χ3v) is 2.47. The minimum Gasteiger partial charge on any atom is -0.385 e. The van der Waals surface area contributed by atoms with Crippen LogP contribution in [0, 0.1) is 0 Å². The maximum Gasteiger partial charge on any atom is 0.0474 e. The quantitative estimate of drug-likeness (QED) is 0.502. The van der Waals surface area contributed by atoms with Gasteiger partial charge in [-0.05, 0) is 12.8 Å². The summed E-state index contributed by atoms with van der Waals surface area (Å²) in [6.45, 7) is 4.96. The molecule has 76 valence electrons. The lowest BCUT2D eigenvalue weighted by Crippen LogP contribution is -2.31.